The highest BCUT2D eigenvalue weighted by Crippen LogP contribution is 2.09. The van der Waals surface area contributed by atoms with E-state index in [9.17, 15) is 19.5 Å². The highest BCUT2D eigenvalue weighted by Gasteiger charge is 2.26. The van der Waals surface area contributed by atoms with Gasteiger partial charge in [-0.2, -0.15) is 0 Å². The van der Waals surface area contributed by atoms with Crippen LogP contribution in [0.15, 0.2) is 54.6 Å². The van der Waals surface area contributed by atoms with Crippen LogP contribution in [0.1, 0.15) is 23.6 Å². The molecule has 2 amide bonds. The van der Waals surface area contributed by atoms with E-state index in [4.69, 9.17) is 0 Å². The van der Waals surface area contributed by atoms with E-state index in [1.165, 1.54) is 6.92 Å². The van der Waals surface area contributed by atoms with Gasteiger partial charge in [-0.1, -0.05) is 60.2 Å². The Bertz CT molecular complexity index is 805. The van der Waals surface area contributed by atoms with E-state index in [-0.39, 0.29) is 18.7 Å². The van der Waals surface area contributed by atoms with E-state index in [1.54, 1.807) is 0 Å². The molecule has 0 saturated carbocycles. The smallest absolute Gasteiger partial charge is 0.326 e. The molecule has 0 unspecified atom stereocenters. The van der Waals surface area contributed by atoms with Crippen molar-refractivity contribution in [1.29, 1.82) is 0 Å². The molecular weight excluding hydrogens is 344 g/mol. The standard InChI is InChI=1S/C21H24N2O4/c1-14-7-6-10-17(11-14)13-19(21(26)27)23-20(25)18(22-15(2)24)12-16-8-4-3-5-9-16/h3-11,18-19H,12-13H2,1-2H3,(H,22,24)(H,23,25)(H,26,27)/t18-,19-/m0/s1. The number of nitrogens with one attached hydrogen (secondary N) is 2. The summed E-state index contributed by atoms with van der Waals surface area (Å²) < 4.78 is 0. The molecule has 6 nitrogen and oxygen atoms in total. The second-order valence-electron chi connectivity index (χ2n) is 6.54. The number of hydrogen-bond acceptors (Lipinski definition) is 3. The minimum absolute atomic E-state index is 0.168. The maximum atomic E-state index is 12.7. The molecule has 0 aromatic heterocycles. The van der Waals surface area contributed by atoms with Gasteiger partial charge in [-0.3, -0.25) is 9.59 Å². The van der Waals surface area contributed by atoms with Gasteiger partial charge in [-0.05, 0) is 18.1 Å². The third kappa shape index (κ3) is 6.58. The molecular formula is C21H24N2O4. The molecule has 0 aliphatic rings. The van der Waals surface area contributed by atoms with Gasteiger partial charge in [0.15, 0.2) is 0 Å². The predicted octanol–water partition coefficient (Wildman–Crippen LogP) is 1.85. The molecule has 0 spiro atoms. The third-order valence-corrected chi connectivity index (χ3v) is 4.11. The van der Waals surface area contributed by atoms with Gasteiger partial charge in [0.25, 0.3) is 0 Å². The van der Waals surface area contributed by atoms with Gasteiger partial charge in [-0.25, -0.2) is 4.79 Å². The van der Waals surface area contributed by atoms with Crippen LogP contribution in [-0.4, -0.2) is 35.0 Å². The Hall–Kier alpha value is -3.15. The summed E-state index contributed by atoms with van der Waals surface area (Å²) in [4.78, 5) is 35.8. The van der Waals surface area contributed by atoms with E-state index in [1.807, 2.05) is 61.5 Å². The highest BCUT2D eigenvalue weighted by molar-refractivity contribution is 5.90. The van der Waals surface area contributed by atoms with Gasteiger partial charge in [0.2, 0.25) is 11.8 Å². The minimum atomic E-state index is -1.12. The van der Waals surface area contributed by atoms with Crippen LogP contribution < -0.4 is 10.6 Å². The van der Waals surface area contributed by atoms with Crippen LogP contribution >= 0.6 is 0 Å². The lowest BCUT2D eigenvalue weighted by atomic mass is 10.0. The van der Waals surface area contributed by atoms with E-state index >= 15 is 0 Å². The fourth-order valence-corrected chi connectivity index (χ4v) is 2.85. The first kappa shape index (κ1) is 20.2. The lowest BCUT2D eigenvalue weighted by Gasteiger charge is -2.21. The van der Waals surface area contributed by atoms with Gasteiger partial charge < -0.3 is 15.7 Å². The third-order valence-electron chi connectivity index (χ3n) is 4.11. The highest BCUT2D eigenvalue weighted by atomic mass is 16.4. The number of rotatable bonds is 8. The maximum Gasteiger partial charge on any atom is 0.326 e. The van der Waals surface area contributed by atoms with E-state index in [2.05, 4.69) is 10.6 Å². The molecule has 2 aromatic carbocycles. The van der Waals surface area contributed by atoms with Crippen LogP contribution in [-0.2, 0) is 27.2 Å². The second-order valence-corrected chi connectivity index (χ2v) is 6.54. The van der Waals surface area contributed by atoms with Crippen LogP contribution in [0.2, 0.25) is 0 Å². The Morgan fingerprint density at radius 2 is 1.52 bits per heavy atom. The molecule has 2 rings (SSSR count). The molecule has 0 fully saturated rings. The summed E-state index contributed by atoms with van der Waals surface area (Å²) in [5.41, 5.74) is 2.71. The number of aliphatic carboxylic acids is 1. The first-order chi connectivity index (χ1) is 12.8. The van der Waals surface area contributed by atoms with Gasteiger partial charge in [0.05, 0.1) is 0 Å². The number of carboxylic acid groups (broad SMARTS) is 1. The quantitative estimate of drug-likeness (QED) is 0.663. The zero-order valence-electron chi connectivity index (χ0n) is 15.4. The van der Waals surface area contributed by atoms with Crippen molar-refractivity contribution < 1.29 is 19.5 Å². The lowest BCUT2D eigenvalue weighted by molar-refractivity contribution is -0.142. The molecule has 27 heavy (non-hydrogen) atoms. The van der Waals surface area contributed by atoms with Gasteiger partial charge in [0.1, 0.15) is 12.1 Å². The van der Waals surface area contributed by atoms with Crippen molar-refractivity contribution in [2.24, 2.45) is 0 Å². The normalized spacial score (nSPS) is 12.7. The Kier molecular flexibility index (Phi) is 7.11. The molecule has 0 heterocycles. The van der Waals surface area contributed by atoms with E-state index < -0.39 is 24.0 Å². The Labute approximate surface area is 158 Å². The molecule has 2 atom stereocenters. The number of carbonyl (C=O) groups excluding carboxylic acids is 2. The van der Waals surface area contributed by atoms with Crippen molar-refractivity contribution in [3.05, 3.63) is 71.3 Å². The van der Waals surface area contributed by atoms with Crippen molar-refractivity contribution in [2.75, 3.05) is 0 Å². The molecule has 0 bridgehead atoms. The van der Waals surface area contributed by atoms with E-state index in [0.717, 1.165) is 16.7 Å². The van der Waals surface area contributed by atoms with Gasteiger partial charge in [-0.15, -0.1) is 0 Å². The summed E-state index contributed by atoms with van der Waals surface area (Å²) in [6.45, 7) is 3.25. The Morgan fingerprint density at radius 3 is 2.11 bits per heavy atom. The van der Waals surface area contributed by atoms with Crippen LogP contribution in [0.4, 0.5) is 0 Å². The summed E-state index contributed by atoms with van der Waals surface area (Å²) in [6, 6.07) is 14.8. The topological polar surface area (TPSA) is 95.5 Å². The number of benzene rings is 2. The second kappa shape index (κ2) is 9.52. The SMILES string of the molecule is CC(=O)N[C@@H](Cc1ccccc1)C(=O)N[C@@H](Cc1cccc(C)c1)C(=O)O. The zero-order valence-corrected chi connectivity index (χ0v) is 15.4. The molecule has 142 valence electrons. The van der Waals surface area contributed by atoms with Gasteiger partial charge >= 0.3 is 5.97 Å². The number of hydrogen-bond donors (Lipinski definition) is 3. The summed E-state index contributed by atoms with van der Waals surface area (Å²) in [7, 11) is 0. The summed E-state index contributed by atoms with van der Waals surface area (Å²) >= 11 is 0. The lowest BCUT2D eigenvalue weighted by Crippen LogP contribution is -2.52. The van der Waals surface area contributed by atoms with Crippen molar-refractivity contribution in [3.8, 4) is 0 Å². The van der Waals surface area contributed by atoms with Crippen LogP contribution in [0.5, 0.6) is 0 Å². The molecule has 2 aromatic rings. The average Bonchev–Trinajstić information content (AvgIpc) is 2.61. The molecule has 3 N–H and O–H groups in total. The predicted molar refractivity (Wildman–Crippen MR) is 102 cm³/mol. The number of aryl methyl sites for hydroxylation is 1. The van der Waals surface area contributed by atoms with Crippen molar-refractivity contribution in [1.82, 2.24) is 10.6 Å². The molecule has 0 radical (unpaired) electrons. The molecule has 0 aliphatic carbocycles. The number of carboxylic acids is 1. The largest absolute Gasteiger partial charge is 0.480 e. The van der Waals surface area contributed by atoms with Crippen molar-refractivity contribution in [2.45, 2.75) is 38.8 Å². The first-order valence-electron chi connectivity index (χ1n) is 8.75. The number of amides is 2. The van der Waals surface area contributed by atoms with Crippen LogP contribution in [0.25, 0.3) is 0 Å². The minimum Gasteiger partial charge on any atom is -0.480 e. The Morgan fingerprint density at radius 1 is 0.889 bits per heavy atom. The Balaban J connectivity index is 2.11. The summed E-state index contributed by atoms with van der Waals surface area (Å²) in [5, 5.41) is 14.7. The maximum absolute atomic E-state index is 12.7. The van der Waals surface area contributed by atoms with Crippen LogP contribution in [0, 0.1) is 6.92 Å². The monoisotopic (exact) mass is 368 g/mol. The zero-order chi connectivity index (χ0) is 19.8. The first-order valence-corrected chi connectivity index (χ1v) is 8.75. The van der Waals surface area contributed by atoms with Crippen LogP contribution in [0.3, 0.4) is 0 Å². The summed E-state index contributed by atoms with van der Waals surface area (Å²) in [6.07, 6.45) is 0.448. The summed E-state index contributed by atoms with van der Waals surface area (Å²) in [5.74, 6) is -1.99. The van der Waals surface area contributed by atoms with E-state index in [0.29, 0.717) is 0 Å². The fourth-order valence-electron chi connectivity index (χ4n) is 2.85. The molecule has 6 heteroatoms. The molecule has 0 aliphatic heterocycles. The van der Waals surface area contributed by atoms with Crippen molar-refractivity contribution in [3.63, 3.8) is 0 Å². The number of carbonyl (C=O) groups is 3. The van der Waals surface area contributed by atoms with Crippen molar-refractivity contribution >= 4 is 17.8 Å². The fraction of sp³-hybridized carbons (Fsp3) is 0.286. The molecule has 0 saturated heterocycles. The average molecular weight is 368 g/mol. The van der Waals surface area contributed by atoms with Gasteiger partial charge in [0, 0.05) is 19.8 Å².